The smallest absolute Gasteiger partial charge is 0.226 e. The van der Waals surface area contributed by atoms with Crippen LogP contribution in [0, 0.1) is 0 Å². The molecule has 158 valence electrons. The molecule has 1 aliphatic rings. The third-order valence-electron chi connectivity index (χ3n) is 5.19. The van der Waals surface area contributed by atoms with Crippen LogP contribution < -0.4 is 16.4 Å². The van der Waals surface area contributed by atoms with Gasteiger partial charge in [0, 0.05) is 30.2 Å². The molecular weight excluding hydrogens is 390 g/mol. The number of amides is 1. The van der Waals surface area contributed by atoms with E-state index in [1.54, 1.807) is 30.6 Å². The van der Waals surface area contributed by atoms with Crippen LogP contribution in [0.1, 0.15) is 62.0 Å². The van der Waals surface area contributed by atoms with Crippen LogP contribution in [0.5, 0.6) is 0 Å². The van der Waals surface area contributed by atoms with E-state index < -0.39 is 17.9 Å². The Hall–Kier alpha value is -2.22. The van der Waals surface area contributed by atoms with Gasteiger partial charge in [-0.15, -0.1) is 0 Å². The Morgan fingerprint density at radius 2 is 1.90 bits per heavy atom. The summed E-state index contributed by atoms with van der Waals surface area (Å²) >= 11 is 5.69. The number of anilines is 1. The third-order valence-corrected chi connectivity index (χ3v) is 5.45. The van der Waals surface area contributed by atoms with Gasteiger partial charge in [0.25, 0.3) is 0 Å². The minimum Gasteiger partial charge on any atom is -0.387 e. The van der Waals surface area contributed by atoms with E-state index in [2.05, 4.69) is 35.6 Å². The molecule has 1 amide bonds. The number of primary amides is 1. The van der Waals surface area contributed by atoms with Crippen molar-refractivity contribution in [3.63, 3.8) is 0 Å². The molecule has 29 heavy (non-hydrogen) atoms. The molecule has 0 saturated carbocycles. The summed E-state index contributed by atoms with van der Waals surface area (Å²) in [5, 5.41) is 10.5. The van der Waals surface area contributed by atoms with Crippen LogP contribution >= 0.6 is 11.6 Å². The predicted molar refractivity (Wildman–Crippen MR) is 116 cm³/mol. The zero-order valence-electron chi connectivity index (χ0n) is 17.2. The number of halogens is 1. The molecule has 1 aliphatic carbocycles. The Labute approximate surface area is 177 Å². The van der Waals surface area contributed by atoms with E-state index in [-0.39, 0.29) is 6.54 Å². The van der Waals surface area contributed by atoms with Crippen molar-refractivity contribution in [2.24, 2.45) is 11.5 Å². The molecule has 0 bridgehead atoms. The van der Waals surface area contributed by atoms with Crippen LogP contribution in [0.25, 0.3) is 0 Å². The summed E-state index contributed by atoms with van der Waals surface area (Å²) in [5.74, 6) is 0.517. The second-order valence-electron chi connectivity index (χ2n) is 7.06. The normalized spacial score (nSPS) is 18.4. The number of carbonyl (C=O) groups is 1. The fourth-order valence-electron chi connectivity index (χ4n) is 3.59. The second kappa shape index (κ2) is 10.5. The van der Waals surface area contributed by atoms with E-state index in [1.807, 2.05) is 0 Å². The molecule has 7 nitrogen and oxygen atoms in total. The Morgan fingerprint density at radius 3 is 2.41 bits per heavy atom. The van der Waals surface area contributed by atoms with Crippen molar-refractivity contribution in [3.8, 4) is 0 Å². The molecule has 1 heterocycles. The van der Waals surface area contributed by atoms with Gasteiger partial charge in [-0.1, -0.05) is 30.7 Å². The van der Waals surface area contributed by atoms with Gasteiger partial charge in [0.1, 0.15) is 12.1 Å². The summed E-state index contributed by atoms with van der Waals surface area (Å²) in [6.45, 7) is 8.45. The lowest BCUT2D eigenvalue weighted by molar-refractivity contribution is -0.119. The number of nitrogens with zero attached hydrogens (tertiary/aromatic N) is 3. The van der Waals surface area contributed by atoms with Crippen molar-refractivity contribution in [1.82, 2.24) is 9.97 Å². The van der Waals surface area contributed by atoms with Crippen LogP contribution in [0.2, 0.25) is 5.02 Å². The molecule has 0 unspecified atom stereocenters. The van der Waals surface area contributed by atoms with Gasteiger partial charge in [-0.2, -0.15) is 0 Å². The van der Waals surface area contributed by atoms with Crippen molar-refractivity contribution in [2.45, 2.75) is 45.1 Å². The molecule has 0 saturated heterocycles. The number of fused-ring (bicyclic) bond motifs is 1. The number of hydrogen-bond donors (Lipinski definition) is 3. The van der Waals surface area contributed by atoms with E-state index in [1.165, 1.54) is 0 Å². The van der Waals surface area contributed by atoms with Gasteiger partial charge in [0.2, 0.25) is 5.91 Å². The first kappa shape index (κ1) is 23.1. The first-order valence-corrected chi connectivity index (χ1v) is 10.2. The van der Waals surface area contributed by atoms with Crippen molar-refractivity contribution < 1.29 is 9.90 Å². The lowest BCUT2D eigenvalue weighted by Crippen LogP contribution is -2.27. The number of aliphatic hydroxyl groups excluding tert-OH is 1. The summed E-state index contributed by atoms with van der Waals surface area (Å²) in [5.41, 5.74) is 13.3. The maximum Gasteiger partial charge on any atom is 0.226 e. The van der Waals surface area contributed by atoms with Gasteiger partial charge >= 0.3 is 0 Å². The molecule has 2 aromatic rings. The largest absolute Gasteiger partial charge is 0.387 e. The summed E-state index contributed by atoms with van der Waals surface area (Å²) in [4.78, 5) is 21.7. The molecule has 3 atom stereocenters. The number of aliphatic hydroxyl groups is 1. The van der Waals surface area contributed by atoms with E-state index >= 15 is 0 Å². The highest BCUT2D eigenvalue weighted by Crippen LogP contribution is 2.42. The number of aromatic nitrogens is 2. The van der Waals surface area contributed by atoms with Crippen LogP contribution in [-0.2, 0) is 4.79 Å². The van der Waals surface area contributed by atoms with Gasteiger partial charge < -0.3 is 21.5 Å². The highest BCUT2D eigenvalue weighted by Gasteiger charge is 2.32. The molecular formula is C21H30ClN5O2. The maximum atomic E-state index is 10.9. The molecule has 0 spiro atoms. The summed E-state index contributed by atoms with van der Waals surface area (Å²) in [7, 11) is 0. The second-order valence-corrected chi connectivity index (χ2v) is 7.50. The van der Waals surface area contributed by atoms with Crippen LogP contribution in [0.4, 0.5) is 5.82 Å². The van der Waals surface area contributed by atoms with Crippen molar-refractivity contribution in [3.05, 3.63) is 52.4 Å². The van der Waals surface area contributed by atoms with Crippen molar-refractivity contribution in [1.29, 1.82) is 0 Å². The summed E-state index contributed by atoms with van der Waals surface area (Å²) in [6, 6.07) is 6.93. The molecule has 1 aromatic carbocycles. The molecule has 0 radical (unpaired) electrons. The fraction of sp³-hybridized carbons (Fsp3) is 0.476. The Balaban J connectivity index is 0.000000212. The quantitative estimate of drug-likeness (QED) is 0.662. The average molecular weight is 420 g/mol. The first-order chi connectivity index (χ1) is 13.8. The number of carbonyl (C=O) groups excluding carboxylic acids is 1. The maximum absolute atomic E-state index is 10.9. The summed E-state index contributed by atoms with van der Waals surface area (Å²) in [6.07, 6.45) is 1.91. The van der Waals surface area contributed by atoms with E-state index in [4.69, 9.17) is 23.1 Å². The lowest BCUT2D eigenvalue weighted by atomic mass is 9.99. The third kappa shape index (κ3) is 5.44. The number of rotatable bonds is 6. The Kier molecular flexibility index (Phi) is 8.37. The number of hydrogen-bond acceptors (Lipinski definition) is 6. The highest BCUT2D eigenvalue weighted by molar-refractivity contribution is 6.30. The zero-order chi connectivity index (χ0) is 21.6. The molecule has 1 aromatic heterocycles. The van der Waals surface area contributed by atoms with Crippen LogP contribution in [-0.4, -0.2) is 40.6 Å². The van der Waals surface area contributed by atoms with E-state index in [0.29, 0.717) is 10.9 Å². The van der Waals surface area contributed by atoms with Gasteiger partial charge in [-0.3, -0.25) is 4.79 Å². The number of benzene rings is 1. The minimum absolute atomic E-state index is 0.219. The van der Waals surface area contributed by atoms with E-state index in [9.17, 15) is 9.90 Å². The average Bonchev–Trinajstić information content (AvgIpc) is 3.00. The van der Waals surface area contributed by atoms with Crippen LogP contribution in [0.3, 0.4) is 0 Å². The lowest BCUT2D eigenvalue weighted by Gasteiger charge is -2.23. The Bertz CT molecular complexity index is 811. The fourth-order valence-corrected chi connectivity index (χ4v) is 3.71. The van der Waals surface area contributed by atoms with Gasteiger partial charge in [0.05, 0.1) is 17.7 Å². The number of nitrogens with two attached hydrogens (primary N) is 2. The molecule has 8 heteroatoms. The topological polar surface area (TPSA) is 118 Å². The van der Waals surface area contributed by atoms with E-state index in [0.717, 1.165) is 42.1 Å². The van der Waals surface area contributed by atoms with Gasteiger partial charge in [0.15, 0.2) is 0 Å². The SMILES string of the molecule is CCN(CC)c1ncnc2c1[C@H](C)C[C@H]2O.NC[C@@H](C(N)=O)c1ccc(Cl)cc1. The molecule has 0 fully saturated rings. The Morgan fingerprint density at radius 1 is 1.28 bits per heavy atom. The van der Waals surface area contributed by atoms with Gasteiger partial charge in [-0.25, -0.2) is 9.97 Å². The molecule has 0 aliphatic heterocycles. The van der Waals surface area contributed by atoms with Crippen molar-refractivity contribution in [2.75, 3.05) is 24.5 Å². The van der Waals surface area contributed by atoms with Crippen molar-refractivity contribution >= 4 is 23.3 Å². The molecule has 3 rings (SSSR count). The first-order valence-electron chi connectivity index (χ1n) is 9.86. The molecule has 5 N–H and O–H groups in total. The highest BCUT2D eigenvalue weighted by atomic mass is 35.5. The zero-order valence-corrected chi connectivity index (χ0v) is 17.9. The standard InChI is InChI=1S/C12H19N3O.C9H11ClN2O/c1-4-15(5-2)12-10-8(3)6-9(16)11(10)13-7-14-12;10-7-3-1-6(2-4-7)8(5-11)9(12)13/h7-9,16H,4-6H2,1-3H3;1-4,8H,5,11H2,(H2,12,13)/t8-,9-;8-/m11/s1. The predicted octanol–water partition coefficient (Wildman–Crippen LogP) is 2.73. The summed E-state index contributed by atoms with van der Waals surface area (Å²) < 4.78 is 0. The van der Waals surface area contributed by atoms with Gasteiger partial charge in [-0.05, 0) is 43.9 Å². The minimum atomic E-state index is -0.419. The van der Waals surface area contributed by atoms with Crippen LogP contribution in [0.15, 0.2) is 30.6 Å². The monoisotopic (exact) mass is 419 g/mol.